The van der Waals surface area contributed by atoms with E-state index in [1.165, 1.54) is 6.07 Å². The number of rotatable bonds is 9. The molecule has 0 saturated carbocycles. The summed E-state index contributed by atoms with van der Waals surface area (Å²) in [7, 11) is 0. The number of amides is 1. The van der Waals surface area contributed by atoms with E-state index < -0.39 is 52.9 Å². The van der Waals surface area contributed by atoms with Crippen LogP contribution in [0.25, 0.3) is 0 Å². The van der Waals surface area contributed by atoms with E-state index in [1.807, 2.05) is 0 Å². The summed E-state index contributed by atoms with van der Waals surface area (Å²) in [4.78, 5) is 27.3. The van der Waals surface area contributed by atoms with Gasteiger partial charge in [-0.25, -0.2) is 9.78 Å². The van der Waals surface area contributed by atoms with Gasteiger partial charge in [-0.05, 0) is 36.6 Å². The highest BCUT2D eigenvalue weighted by Gasteiger charge is 2.42. The minimum Gasteiger partial charge on any atom is -0.435 e. The summed E-state index contributed by atoms with van der Waals surface area (Å²) in [6, 6.07) is 4.90. The molecule has 35 heavy (non-hydrogen) atoms. The number of nitrogens with zero attached hydrogens (tertiary/aromatic N) is 1. The summed E-state index contributed by atoms with van der Waals surface area (Å²) in [5.41, 5.74) is 3.46. The number of terminal acetylenes is 1. The van der Waals surface area contributed by atoms with Gasteiger partial charge in [-0.2, -0.15) is 26.3 Å². The average molecular weight is 503 g/mol. The van der Waals surface area contributed by atoms with E-state index in [-0.39, 0.29) is 18.7 Å². The fourth-order valence-electron chi connectivity index (χ4n) is 2.67. The number of ether oxygens (including phenoxy) is 2. The van der Waals surface area contributed by atoms with Gasteiger partial charge in [0.25, 0.3) is 5.91 Å². The van der Waals surface area contributed by atoms with Crippen LogP contribution in [0.4, 0.5) is 26.3 Å². The molecule has 0 aliphatic rings. The minimum absolute atomic E-state index is 0.0444. The number of hydrogen-bond donors (Lipinski definition) is 2. The number of nitrogens with one attached hydrogen (secondary N) is 1. The number of esters is 1. The van der Waals surface area contributed by atoms with E-state index >= 15 is 0 Å². The molecular formula is C22H19F6N3O4. The van der Waals surface area contributed by atoms with Gasteiger partial charge in [-0.15, -0.1) is 12.3 Å². The van der Waals surface area contributed by atoms with Crippen LogP contribution in [0.1, 0.15) is 40.9 Å². The van der Waals surface area contributed by atoms with E-state index in [1.54, 1.807) is 0 Å². The number of para-hydroxylation sites is 1. The Morgan fingerprint density at radius 2 is 1.83 bits per heavy atom. The molecule has 7 nitrogen and oxygen atoms in total. The van der Waals surface area contributed by atoms with Crippen molar-refractivity contribution in [2.24, 2.45) is 5.73 Å². The average Bonchev–Trinajstić information content (AvgIpc) is 2.78. The van der Waals surface area contributed by atoms with E-state index in [4.69, 9.17) is 16.9 Å². The first-order valence-corrected chi connectivity index (χ1v) is 9.96. The monoisotopic (exact) mass is 503 g/mol. The molecule has 13 heteroatoms. The number of pyridine rings is 1. The van der Waals surface area contributed by atoms with Crippen LogP contribution in [0.2, 0.25) is 0 Å². The second-order valence-corrected chi connectivity index (χ2v) is 6.94. The molecule has 2 aromatic rings. The lowest BCUT2D eigenvalue weighted by Crippen LogP contribution is -2.30. The molecule has 1 aromatic carbocycles. The first-order chi connectivity index (χ1) is 16.4. The second kappa shape index (κ2) is 11.6. The van der Waals surface area contributed by atoms with Crippen molar-refractivity contribution in [2.45, 2.75) is 38.2 Å². The fourth-order valence-corrected chi connectivity index (χ4v) is 2.67. The summed E-state index contributed by atoms with van der Waals surface area (Å²) in [6.07, 6.45) is -3.71. The van der Waals surface area contributed by atoms with Crippen LogP contribution in [0, 0.1) is 12.3 Å². The first kappa shape index (κ1) is 27.5. The molecule has 2 rings (SSSR count). The Hall–Kier alpha value is -3.79. The van der Waals surface area contributed by atoms with Crippen LogP contribution < -0.4 is 20.5 Å². The van der Waals surface area contributed by atoms with Gasteiger partial charge in [-0.3, -0.25) is 4.79 Å². The molecule has 0 atom stereocenters. The van der Waals surface area contributed by atoms with Crippen molar-refractivity contribution in [3.8, 4) is 29.7 Å². The molecule has 0 bridgehead atoms. The molecule has 1 amide bonds. The highest BCUT2D eigenvalue weighted by atomic mass is 19.4. The molecule has 1 heterocycles. The van der Waals surface area contributed by atoms with Crippen LogP contribution in [-0.2, 0) is 17.5 Å². The van der Waals surface area contributed by atoms with Gasteiger partial charge < -0.3 is 20.5 Å². The van der Waals surface area contributed by atoms with Crippen molar-refractivity contribution < 1.29 is 45.4 Å². The summed E-state index contributed by atoms with van der Waals surface area (Å²) in [5.74, 6) is -3.49. The zero-order chi connectivity index (χ0) is 26.2. The number of nitrogens with two attached hydrogens (primary N) is 1. The van der Waals surface area contributed by atoms with Crippen molar-refractivity contribution >= 4 is 11.9 Å². The third kappa shape index (κ3) is 7.89. The maximum atomic E-state index is 13.2. The Morgan fingerprint density at radius 3 is 2.43 bits per heavy atom. The normalized spacial score (nSPS) is 11.5. The smallest absolute Gasteiger partial charge is 0.435 e. The van der Waals surface area contributed by atoms with Crippen molar-refractivity contribution in [3.05, 3.63) is 47.2 Å². The number of carbonyl (C=O) groups excluding carboxylic acids is 2. The van der Waals surface area contributed by atoms with Gasteiger partial charge in [0.2, 0.25) is 5.88 Å². The topological polar surface area (TPSA) is 104 Å². The number of hydrogen-bond acceptors (Lipinski definition) is 6. The number of carbonyl (C=O) groups is 2. The van der Waals surface area contributed by atoms with E-state index in [2.05, 4.69) is 21.0 Å². The quantitative estimate of drug-likeness (QED) is 0.173. The van der Waals surface area contributed by atoms with Gasteiger partial charge in [0.15, 0.2) is 11.5 Å². The Morgan fingerprint density at radius 1 is 1.11 bits per heavy atom. The van der Waals surface area contributed by atoms with E-state index in [9.17, 15) is 35.9 Å². The number of alkyl halides is 6. The second-order valence-electron chi connectivity index (χ2n) is 6.94. The van der Waals surface area contributed by atoms with Gasteiger partial charge in [0.1, 0.15) is 5.69 Å². The third-order valence-electron chi connectivity index (χ3n) is 4.29. The predicted octanol–water partition coefficient (Wildman–Crippen LogP) is 4.35. The Bertz CT molecular complexity index is 1110. The standard InChI is InChI=1S/C22H19F6N3O4/c1-2-3-4-5-9-30-19(32)14-7-6-8-15(18(14)35-20(33)22(26,27)28)34-17-11-13(12-29)10-16(31-17)21(23,24)25/h1,6-8,10-11H,3-5,9,12,29H2,(H,30,32). The van der Waals surface area contributed by atoms with Crippen LogP contribution >= 0.6 is 0 Å². The van der Waals surface area contributed by atoms with Gasteiger partial charge in [0, 0.05) is 25.6 Å². The lowest BCUT2D eigenvalue weighted by molar-refractivity contribution is -0.189. The molecule has 0 unspecified atom stereocenters. The zero-order valence-corrected chi connectivity index (χ0v) is 17.9. The van der Waals surface area contributed by atoms with Gasteiger partial charge in [-0.1, -0.05) is 6.07 Å². The molecule has 3 N–H and O–H groups in total. The molecule has 0 fully saturated rings. The van der Waals surface area contributed by atoms with Gasteiger partial charge >= 0.3 is 18.3 Å². The van der Waals surface area contributed by atoms with Crippen LogP contribution in [0.3, 0.4) is 0 Å². The summed E-state index contributed by atoms with van der Waals surface area (Å²) in [5, 5.41) is 2.43. The third-order valence-corrected chi connectivity index (χ3v) is 4.29. The highest BCUT2D eigenvalue weighted by Crippen LogP contribution is 2.37. The number of halogens is 6. The molecular weight excluding hydrogens is 484 g/mol. The van der Waals surface area contributed by atoms with E-state index in [0.29, 0.717) is 25.3 Å². The van der Waals surface area contributed by atoms with Crippen molar-refractivity contribution in [2.75, 3.05) is 6.54 Å². The summed E-state index contributed by atoms with van der Waals surface area (Å²) < 4.78 is 87.6. The van der Waals surface area contributed by atoms with Crippen LogP contribution in [-0.4, -0.2) is 29.6 Å². The molecule has 0 radical (unpaired) electrons. The molecule has 0 aliphatic heterocycles. The largest absolute Gasteiger partial charge is 0.491 e. The molecule has 188 valence electrons. The molecule has 0 spiro atoms. The number of aromatic nitrogens is 1. The molecule has 0 aliphatic carbocycles. The van der Waals surface area contributed by atoms with Crippen LogP contribution in [0.5, 0.6) is 17.4 Å². The van der Waals surface area contributed by atoms with Crippen molar-refractivity contribution in [1.82, 2.24) is 10.3 Å². The molecule has 1 aromatic heterocycles. The van der Waals surface area contributed by atoms with E-state index in [0.717, 1.165) is 18.2 Å². The SMILES string of the molecule is C#CCCCCNC(=O)c1cccc(Oc2cc(CN)cc(C(F)(F)F)n2)c1OC(=O)C(F)(F)F. The zero-order valence-electron chi connectivity index (χ0n) is 17.9. The first-order valence-electron chi connectivity index (χ1n) is 9.96. The summed E-state index contributed by atoms with van der Waals surface area (Å²) >= 11 is 0. The predicted molar refractivity (Wildman–Crippen MR) is 110 cm³/mol. The number of unbranched alkanes of at least 4 members (excludes halogenated alkanes) is 2. The lowest BCUT2D eigenvalue weighted by Gasteiger charge is -2.16. The number of benzene rings is 1. The van der Waals surface area contributed by atoms with Crippen molar-refractivity contribution in [1.29, 1.82) is 0 Å². The minimum atomic E-state index is -5.43. The fraction of sp³-hybridized carbons (Fsp3) is 0.318. The lowest BCUT2D eigenvalue weighted by atomic mass is 10.1. The van der Waals surface area contributed by atoms with Crippen molar-refractivity contribution in [3.63, 3.8) is 0 Å². The Kier molecular flexibility index (Phi) is 9.07. The Balaban J connectivity index is 2.46. The maximum absolute atomic E-state index is 13.2. The summed E-state index contributed by atoms with van der Waals surface area (Å²) in [6.45, 7) is -0.229. The van der Waals surface area contributed by atoms with Crippen LogP contribution in [0.15, 0.2) is 30.3 Å². The maximum Gasteiger partial charge on any atom is 0.491 e. The Labute approximate surface area is 195 Å². The van der Waals surface area contributed by atoms with Gasteiger partial charge in [0.05, 0.1) is 5.56 Å². The highest BCUT2D eigenvalue weighted by molar-refractivity contribution is 5.98. The molecule has 0 saturated heterocycles.